The Morgan fingerprint density at radius 1 is 0.917 bits per heavy atom. The van der Waals surface area contributed by atoms with E-state index in [9.17, 15) is 14.4 Å². The van der Waals surface area contributed by atoms with E-state index in [0.717, 1.165) is 42.5 Å². The first-order valence-electron chi connectivity index (χ1n) is 12.7. The van der Waals surface area contributed by atoms with Crippen LogP contribution < -0.4 is 10.6 Å². The van der Waals surface area contributed by atoms with Crippen LogP contribution in [0.3, 0.4) is 0 Å². The minimum atomic E-state index is -0.547. The zero-order chi connectivity index (χ0) is 25.5. The summed E-state index contributed by atoms with van der Waals surface area (Å²) in [5.74, 6) is 6.18. The molecule has 2 aliphatic rings. The highest BCUT2D eigenvalue weighted by Gasteiger charge is 2.36. The summed E-state index contributed by atoms with van der Waals surface area (Å²) in [5.41, 5.74) is 3.11. The van der Waals surface area contributed by atoms with Crippen molar-refractivity contribution < 1.29 is 19.1 Å². The molecule has 0 spiro atoms. The molecular weight excluding hydrogens is 454 g/mol. The van der Waals surface area contributed by atoms with Crippen LogP contribution in [-0.2, 0) is 19.1 Å². The van der Waals surface area contributed by atoms with Crippen molar-refractivity contribution in [1.29, 1.82) is 0 Å². The molecule has 188 valence electrons. The van der Waals surface area contributed by atoms with Gasteiger partial charge in [-0.05, 0) is 87.6 Å². The number of likely N-dealkylation sites (tertiary alicyclic amines) is 1. The maximum Gasteiger partial charge on any atom is 0.252 e. The number of amides is 3. The van der Waals surface area contributed by atoms with Crippen LogP contribution in [0.25, 0.3) is 0 Å². The Morgan fingerprint density at radius 3 is 2.00 bits per heavy atom. The van der Waals surface area contributed by atoms with Gasteiger partial charge in [0.15, 0.2) is 0 Å². The van der Waals surface area contributed by atoms with Crippen molar-refractivity contribution in [2.75, 3.05) is 23.8 Å². The summed E-state index contributed by atoms with van der Waals surface area (Å²) in [6.07, 6.45) is 3.69. The van der Waals surface area contributed by atoms with E-state index < -0.39 is 12.1 Å². The molecule has 1 aliphatic carbocycles. The molecule has 1 saturated carbocycles. The predicted molar refractivity (Wildman–Crippen MR) is 139 cm³/mol. The Labute approximate surface area is 212 Å². The lowest BCUT2D eigenvalue weighted by Crippen LogP contribution is -2.47. The van der Waals surface area contributed by atoms with Gasteiger partial charge >= 0.3 is 0 Å². The number of hydrogen-bond donors (Lipinski definition) is 2. The van der Waals surface area contributed by atoms with E-state index in [4.69, 9.17) is 4.74 Å². The van der Waals surface area contributed by atoms with E-state index in [1.54, 1.807) is 11.8 Å². The van der Waals surface area contributed by atoms with Crippen molar-refractivity contribution in [3.8, 4) is 11.8 Å². The maximum atomic E-state index is 12.9. The normalized spacial score (nSPS) is 17.6. The number of ether oxygens (including phenoxy) is 1. The first kappa shape index (κ1) is 25.5. The van der Waals surface area contributed by atoms with Crippen LogP contribution in [-0.4, -0.2) is 47.9 Å². The van der Waals surface area contributed by atoms with Crippen molar-refractivity contribution in [2.24, 2.45) is 5.92 Å². The first-order valence-corrected chi connectivity index (χ1v) is 12.7. The standard InChI is InChI=1S/C29H33N3O4/c1-3-19-36-20(2)29(35)32-18-4-5-26(32)28(34)31-25-16-10-22(11-17-25)7-6-21-8-14-24(15-9-21)30-27(33)23-12-13-23/h8-11,14-17,20,23,26H,3-5,12-13,18-19H2,1-2H3,(H,30,33)(H,31,34). The molecule has 7 heteroatoms. The lowest BCUT2D eigenvalue weighted by atomic mass is 10.1. The fourth-order valence-corrected chi connectivity index (χ4v) is 4.14. The number of carbonyl (C=O) groups excluding carboxylic acids is 3. The molecule has 1 heterocycles. The molecule has 2 aromatic rings. The zero-order valence-electron chi connectivity index (χ0n) is 20.9. The largest absolute Gasteiger partial charge is 0.369 e. The van der Waals surface area contributed by atoms with Gasteiger partial charge < -0.3 is 20.3 Å². The third-order valence-corrected chi connectivity index (χ3v) is 6.36. The second-order valence-electron chi connectivity index (χ2n) is 9.36. The van der Waals surface area contributed by atoms with Gasteiger partial charge in [-0.1, -0.05) is 18.8 Å². The zero-order valence-corrected chi connectivity index (χ0v) is 20.9. The summed E-state index contributed by atoms with van der Waals surface area (Å²) in [7, 11) is 0. The number of hydrogen-bond acceptors (Lipinski definition) is 4. The molecular formula is C29H33N3O4. The summed E-state index contributed by atoms with van der Waals surface area (Å²) < 4.78 is 5.56. The second kappa shape index (κ2) is 11.9. The van der Waals surface area contributed by atoms with Crippen LogP contribution in [0, 0.1) is 17.8 Å². The van der Waals surface area contributed by atoms with Crippen molar-refractivity contribution in [1.82, 2.24) is 4.90 Å². The number of benzene rings is 2. The summed E-state index contributed by atoms with van der Waals surface area (Å²) in [5, 5.41) is 5.85. The summed E-state index contributed by atoms with van der Waals surface area (Å²) in [4.78, 5) is 39.1. The summed E-state index contributed by atoms with van der Waals surface area (Å²) >= 11 is 0. The van der Waals surface area contributed by atoms with E-state index in [-0.39, 0.29) is 23.6 Å². The number of rotatable bonds is 8. The monoisotopic (exact) mass is 487 g/mol. The van der Waals surface area contributed by atoms with Crippen LogP contribution in [0.5, 0.6) is 0 Å². The number of nitrogens with zero attached hydrogens (tertiary/aromatic N) is 1. The van der Waals surface area contributed by atoms with Gasteiger partial charge in [0, 0.05) is 41.6 Å². The Kier molecular flexibility index (Phi) is 8.40. The molecule has 36 heavy (non-hydrogen) atoms. The molecule has 1 aliphatic heterocycles. The highest BCUT2D eigenvalue weighted by molar-refractivity contribution is 5.98. The Balaban J connectivity index is 1.31. The summed E-state index contributed by atoms with van der Waals surface area (Å²) in [6, 6.07) is 14.3. The minimum absolute atomic E-state index is 0.0869. The average Bonchev–Trinajstić information content (AvgIpc) is 3.63. The minimum Gasteiger partial charge on any atom is -0.369 e. The molecule has 1 saturated heterocycles. The molecule has 7 nitrogen and oxygen atoms in total. The summed E-state index contributed by atoms with van der Waals surface area (Å²) in [6.45, 7) is 4.83. The molecule has 2 aromatic carbocycles. The van der Waals surface area contributed by atoms with Gasteiger partial charge in [0.05, 0.1) is 0 Å². The van der Waals surface area contributed by atoms with Crippen molar-refractivity contribution in [3.63, 3.8) is 0 Å². The van der Waals surface area contributed by atoms with Gasteiger partial charge in [0.25, 0.3) is 5.91 Å². The van der Waals surface area contributed by atoms with E-state index in [0.29, 0.717) is 25.3 Å². The third-order valence-electron chi connectivity index (χ3n) is 6.36. The first-order chi connectivity index (χ1) is 17.4. The predicted octanol–water partition coefficient (Wildman–Crippen LogP) is 4.18. The molecule has 2 atom stereocenters. The Bertz CT molecular complexity index is 1140. The van der Waals surface area contributed by atoms with E-state index in [1.165, 1.54) is 0 Å². The molecule has 0 radical (unpaired) electrons. The van der Waals surface area contributed by atoms with Crippen LogP contribution in [0.1, 0.15) is 57.1 Å². The van der Waals surface area contributed by atoms with E-state index >= 15 is 0 Å². The van der Waals surface area contributed by atoms with Crippen molar-refractivity contribution in [3.05, 3.63) is 59.7 Å². The maximum absolute atomic E-state index is 12.9. The van der Waals surface area contributed by atoms with Gasteiger partial charge in [-0.25, -0.2) is 0 Å². The Morgan fingerprint density at radius 2 is 1.47 bits per heavy atom. The van der Waals surface area contributed by atoms with Crippen LogP contribution in [0.15, 0.2) is 48.5 Å². The third kappa shape index (κ3) is 6.73. The van der Waals surface area contributed by atoms with Crippen LogP contribution in [0.2, 0.25) is 0 Å². The lowest BCUT2D eigenvalue weighted by molar-refractivity contribution is -0.146. The van der Waals surface area contributed by atoms with E-state index in [1.807, 2.05) is 55.5 Å². The van der Waals surface area contributed by atoms with E-state index in [2.05, 4.69) is 22.5 Å². The van der Waals surface area contributed by atoms with Crippen molar-refractivity contribution >= 4 is 29.1 Å². The quantitative estimate of drug-likeness (QED) is 0.547. The number of nitrogens with one attached hydrogen (secondary N) is 2. The number of anilines is 2. The van der Waals surface area contributed by atoms with Gasteiger partial charge in [-0.3, -0.25) is 14.4 Å². The number of carbonyl (C=O) groups is 3. The highest BCUT2D eigenvalue weighted by Crippen LogP contribution is 2.30. The molecule has 0 bridgehead atoms. The molecule has 2 unspecified atom stereocenters. The Hall–Kier alpha value is -3.63. The second-order valence-corrected chi connectivity index (χ2v) is 9.36. The fraction of sp³-hybridized carbons (Fsp3) is 0.414. The topological polar surface area (TPSA) is 87.7 Å². The molecule has 3 amide bonds. The fourth-order valence-electron chi connectivity index (χ4n) is 4.14. The molecule has 2 N–H and O–H groups in total. The van der Waals surface area contributed by atoms with Crippen LogP contribution in [0.4, 0.5) is 11.4 Å². The average molecular weight is 488 g/mol. The van der Waals surface area contributed by atoms with Gasteiger partial charge in [0.1, 0.15) is 12.1 Å². The van der Waals surface area contributed by atoms with Gasteiger partial charge in [-0.15, -0.1) is 0 Å². The molecule has 2 fully saturated rings. The molecule has 4 rings (SSSR count). The highest BCUT2D eigenvalue weighted by atomic mass is 16.5. The SMILES string of the molecule is CCCOC(C)C(=O)N1CCCC1C(=O)Nc1ccc(C#Cc2ccc(NC(=O)C3CC3)cc2)cc1. The van der Waals surface area contributed by atoms with Gasteiger partial charge in [-0.2, -0.15) is 0 Å². The smallest absolute Gasteiger partial charge is 0.252 e. The van der Waals surface area contributed by atoms with Crippen LogP contribution >= 0.6 is 0 Å². The van der Waals surface area contributed by atoms with Gasteiger partial charge in [0.2, 0.25) is 11.8 Å². The lowest BCUT2D eigenvalue weighted by Gasteiger charge is -2.26. The van der Waals surface area contributed by atoms with Crippen molar-refractivity contribution in [2.45, 2.75) is 58.1 Å². The molecule has 0 aromatic heterocycles.